The van der Waals surface area contributed by atoms with Crippen molar-refractivity contribution in [1.82, 2.24) is 0 Å². The Morgan fingerprint density at radius 3 is 2.57 bits per heavy atom. The van der Waals surface area contributed by atoms with Gasteiger partial charge in [0.25, 0.3) is 10.0 Å². The number of aliphatic hydroxyl groups excluding tert-OH is 1. The second-order valence-electron chi connectivity index (χ2n) is 4.59. The molecule has 0 amide bonds. The number of rotatable bonds is 6. The van der Waals surface area contributed by atoms with Gasteiger partial charge < -0.3 is 5.11 Å². The summed E-state index contributed by atoms with van der Waals surface area (Å²) in [7, 11) is -3.60. The summed E-state index contributed by atoms with van der Waals surface area (Å²) < 4.78 is 27.9. The number of hydrogen-bond donors (Lipinski definition) is 2. The van der Waals surface area contributed by atoms with Crippen LogP contribution in [0, 0.1) is 0 Å². The largest absolute Gasteiger partial charge is 0.396 e. The zero-order chi connectivity index (χ0) is 15.3. The monoisotopic (exact) mass is 369 g/mol. The lowest BCUT2D eigenvalue weighted by atomic mass is 10.1. The van der Waals surface area contributed by atoms with Crippen LogP contribution in [0.5, 0.6) is 0 Å². The van der Waals surface area contributed by atoms with Crippen molar-refractivity contribution >= 4 is 31.6 Å². The summed E-state index contributed by atoms with van der Waals surface area (Å²) in [6, 6.07) is 13.7. The first-order valence-corrected chi connectivity index (χ1v) is 8.77. The molecule has 4 nitrogen and oxygen atoms in total. The van der Waals surface area contributed by atoms with E-state index in [0.29, 0.717) is 23.0 Å². The fourth-order valence-corrected chi connectivity index (χ4v) is 3.57. The predicted octanol–water partition coefficient (Wildman–Crippen LogP) is 3.17. The van der Waals surface area contributed by atoms with Crippen LogP contribution < -0.4 is 4.72 Å². The van der Waals surface area contributed by atoms with Crippen molar-refractivity contribution in [3.63, 3.8) is 0 Å². The van der Waals surface area contributed by atoms with Gasteiger partial charge in [0.1, 0.15) is 0 Å². The van der Waals surface area contributed by atoms with Crippen molar-refractivity contribution in [3.05, 3.63) is 58.6 Å². The Balaban J connectivity index is 2.20. The van der Waals surface area contributed by atoms with Gasteiger partial charge in [-0.3, -0.25) is 4.72 Å². The van der Waals surface area contributed by atoms with E-state index in [1.54, 1.807) is 42.5 Å². The highest BCUT2D eigenvalue weighted by atomic mass is 79.9. The molecule has 0 saturated carbocycles. The van der Waals surface area contributed by atoms with Crippen molar-refractivity contribution in [2.45, 2.75) is 17.7 Å². The number of benzene rings is 2. The third kappa shape index (κ3) is 4.56. The molecule has 0 bridgehead atoms. The Labute approximate surface area is 133 Å². The van der Waals surface area contributed by atoms with Gasteiger partial charge in [-0.15, -0.1) is 0 Å². The van der Waals surface area contributed by atoms with E-state index in [-0.39, 0.29) is 11.5 Å². The van der Waals surface area contributed by atoms with Crippen LogP contribution in [0.3, 0.4) is 0 Å². The molecule has 0 aromatic heterocycles. The van der Waals surface area contributed by atoms with Crippen molar-refractivity contribution in [1.29, 1.82) is 0 Å². The molecule has 0 aliphatic carbocycles. The minimum absolute atomic E-state index is 0.119. The molecule has 112 valence electrons. The second-order valence-corrected chi connectivity index (χ2v) is 7.19. The summed E-state index contributed by atoms with van der Waals surface area (Å²) in [4.78, 5) is 0.206. The molecule has 2 rings (SSSR count). The van der Waals surface area contributed by atoms with E-state index in [0.717, 1.165) is 5.56 Å². The van der Waals surface area contributed by atoms with Gasteiger partial charge in [0, 0.05) is 16.8 Å². The van der Waals surface area contributed by atoms with Gasteiger partial charge in [0.2, 0.25) is 0 Å². The molecular formula is C15H16BrNO3S. The summed E-state index contributed by atoms with van der Waals surface area (Å²) in [5.74, 6) is 0. The maximum atomic E-state index is 12.3. The molecule has 2 aromatic rings. The van der Waals surface area contributed by atoms with Crippen LogP contribution in [0.2, 0.25) is 0 Å². The minimum Gasteiger partial charge on any atom is -0.396 e. The van der Waals surface area contributed by atoms with Crippen LogP contribution in [0.25, 0.3) is 0 Å². The molecule has 0 fully saturated rings. The van der Waals surface area contributed by atoms with Gasteiger partial charge in [-0.25, -0.2) is 8.42 Å². The first-order chi connectivity index (χ1) is 10.0. The maximum Gasteiger partial charge on any atom is 0.261 e. The van der Waals surface area contributed by atoms with Crippen molar-refractivity contribution in [3.8, 4) is 0 Å². The van der Waals surface area contributed by atoms with E-state index >= 15 is 0 Å². The van der Waals surface area contributed by atoms with Gasteiger partial charge in [-0.05, 0) is 48.7 Å². The third-order valence-electron chi connectivity index (χ3n) is 2.91. The fraction of sp³-hybridized carbons (Fsp3) is 0.200. The highest BCUT2D eigenvalue weighted by Crippen LogP contribution is 2.20. The summed E-state index contributed by atoms with van der Waals surface area (Å²) in [5.41, 5.74) is 1.50. The molecule has 0 atom stereocenters. The topological polar surface area (TPSA) is 66.4 Å². The standard InChI is InChI=1S/C15H16BrNO3S/c16-13-6-2-8-15(11-13)21(19,20)17-14-7-1-4-12(10-14)5-3-9-18/h1-2,4,6-8,10-11,17-18H,3,5,9H2. The summed E-state index contributed by atoms with van der Waals surface area (Å²) in [5, 5.41) is 8.84. The number of sulfonamides is 1. The number of anilines is 1. The number of aryl methyl sites for hydroxylation is 1. The SMILES string of the molecule is O=S(=O)(Nc1cccc(CCCO)c1)c1cccc(Br)c1. The average molecular weight is 370 g/mol. The molecule has 0 spiro atoms. The van der Waals surface area contributed by atoms with Crippen LogP contribution in [0.15, 0.2) is 57.9 Å². The molecule has 21 heavy (non-hydrogen) atoms. The van der Waals surface area contributed by atoms with E-state index in [2.05, 4.69) is 20.7 Å². The Morgan fingerprint density at radius 1 is 1.10 bits per heavy atom. The fourth-order valence-electron chi connectivity index (χ4n) is 1.92. The molecule has 0 aliphatic rings. The number of aliphatic hydroxyl groups is 1. The van der Waals surface area contributed by atoms with E-state index in [1.807, 2.05) is 6.07 Å². The molecule has 0 saturated heterocycles. The van der Waals surface area contributed by atoms with Gasteiger partial charge in [-0.1, -0.05) is 34.1 Å². The van der Waals surface area contributed by atoms with E-state index in [1.165, 1.54) is 0 Å². The Bertz CT molecular complexity index is 716. The number of nitrogens with one attached hydrogen (secondary N) is 1. The molecule has 0 radical (unpaired) electrons. The maximum absolute atomic E-state index is 12.3. The zero-order valence-corrected chi connectivity index (χ0v) is 13.7. The zero-order valence-electron chi connectivity index (χ0n) is 11.3. The van der Waals surface area contributed by atoms with Crippen molar-refractivity contribution in [2.24, 2.45) is 0 Å². The molecule has 0 unspecified atom stereocenters. The van der Waals surface area contributed by atoms with Crippen molar-refractivity contribution < 1.29 is 13.5 Å². The highest BCUT2D eigenvalue weighted by Gasteiger charge is 2.14. The molecule has 0 aliphatic heterocycles. The third-order valence-corrected chi connectivity index (χ3v) is 4.78. The van der Waals surface area contributed by atoms with Crippen molar-refractivity contribution in [2.75, 3.05) is 11.3 Å². The van der Waals surface area contributed by atoms with Crippen LogP contribution in [0.1, 0.15) is 12.0 Å². The lowest BCUT2D eigenvalue weighted by molar-refractivity contribution is 0.288. The van der Waals surface area contributed by atoms with E-state index in [9.17, 15) is 8.42 Å². The molecule has 6 heteroatoms. The molecular weight excluding hydrogens is 354 g/mol. The Morgan fingerprint density at radius 2 is 1.86 bits per heavy atom. The van der Waals surface area contributed by atoms with Crippen LogP contribution in [0.4, 0.5) is 5.69 Å². The van der Waals surface area contributed by atoms with Gasteiger partial charge in [-0.2, -0.15) is 0 Å². The van der Waals surface area contributed by atoms with Gasteiger partial charge in [0.05, 0.1) is 4.90 Å². The van der Waals surface area contributed by atoms with E-state index in [4.69, 9.17) is 5.11 Å². The predicted molar refractivity (Wildman–Crippen MR) is 86.8 cm³/mol. The quantitative estimate of drug-likeness (QED) is 0.821. The highest BCUT2D eigenvalue weighted by molar-refractivity contribution is 9.10. The lowest BCUT2D eigenvalue weighted by Crippen LogP contribution is -2.13. The summed E-state index contributed by atoms with van der Waals surface area (Å²) in [6.07, 6.45) is 1.37. The Kier molecular flexibility index (Phi) is 5.39. The van der Waals surface area contributed by atoms with Crippen LogP contribution in [-0.4, -0.2) is 20.1 Å². The van der Waals surface area contributed by atoms with Crippen LogP contribution in [-0.2, 0) is 16.4 Å². The summed E-state index contributed by atoms with van der Waals surface area (Å²) >= 11 is 3.26. The number of halogens is 1. The first kappa shape index (κ1) is 16.0. The number of hydrogen-bond acceptors (Lipinski definition) is 3. The minimum atomic E-state index is -3.60. The van der Waals surface area contributed by atoms with Gasteiger partial charge in [0.15, 0.2) is 0 Å². The normalized spacial score (nSPS) is 11.3. The smallest absolute Gasteiger partial charge is 0.261 e. The van der Waals surface area contributed by atoms with Crippen LogP contribution >= 0.6 is 15.9 Å². The molecule has 2 N–H and O–H groups in total. The first-order valence-electron chi connectivity index (χ1n) is 6.49. The summed E-state index contributed by atoms with van der Waals surface area (Å²) in [6.45, 7) is 0.119. The Hall–Kier alpha value is -1.37. The molecule has 2 aromatic carbocycles. The molecule has 0 heterocycles. The second kappa shape index (κ2) is 7.06. The average Bonchev–Trinajstić information content (AvgIpc) is 2.45. The van der Waals surface area contributed by atoms with E-state index < -0.39 is 10.0 Å². The lowest BCUT2D eigenvalue weighted by Gasteiger charge is -2.10. The van der Waals surface area contributed by atoms with Gasteiger partial charge >= 0.3 is 0 Å².